The van der Waals surface area contributed by atoms with Crippen molar-refractivity contribution in [2.45, 2.75) is 19.9 Å². The van der Waals surface area contributed by atoms with Gasteiger partial charge < -0.3 is 20.1 Å². The zero-order chi connectivity index (χ0) is 19.8. The molecule has 2 N–H and O–H groups in total. The minimum Gasteiger partial charge on any atom is -0.493 e. The molecular formula is C21H25N5O2. The van der Waals surface area contributed by atoms with Crippen molar-refractivity contribution in [3.63, 3.8) is 0 Å². The molecule has 0 unspecified atom stereocenters. The van der Waals surface area contributed by atoms with Crippen LogP contribution in [0, 0.1) is 6.92 Å². The molecule has 0 atom stereocenters. The lowest BCUT2D eigenvalue weighted by Gasteiger charge is -2.11. The minimum atomic E-state index is 0.606. The predicted octanol–water partition coefficient (Wildman–Crippen LogP) is 3.46. The van der Waals surface area contributed by atoms with E-state index in [9.17, 15) is 0 Å². The third-order valence-corrected chi connectivity index (χ3v) is 4.20. The fourth-order valence-corrected chi connectivity index (χ4v) is 2.79. The third kappa shape index (κ3) is 5.33. The molecule has 2 heterocycles. The maximum atomic E-state index is 5.35. The number of ether oxygens (including phenoxy) is 2. The molecule has 1 aromatic carbocycles. The van der Waals surface area contributed by atoms with Gasteiger partial charge in [-0.2, -0.15) is 4.98 Å². The fraction of sp³-hybridized carbons (Fsp3) is 0.286. The smallest absolute Gasteiger partial charge is 0.224 e. The maximum absolute atomic E-state index is 5.35. The second kappa shape index (κ2) is 9.55. The number of aromatic nitrogens is 3. The molecule has 0 fully saturated rings. The lowest BCUT2D eigenvalue weighted by Crippen LogP contribution is -2.10. The highest BCUT2D eigenvalue weighted by Gasteiger charge is 2.06. The quantitative estimate of drug-likeness (QED) is 0.589. The monoisotopic (exact) mass is 379 g/mol. The van der Waals surface area contributed by atoms with E-state index in [1.807, 2.05) is 49.5 Å². The van der Waals surface area contributed by atoms with Gasteiger partial charge in [0.2, 0.25) is 5.95 Å². The van der Waals surface area contributed by atoms with E-state index in [-0.39, 0.29) is 0 Å². The Hall–Kier alpha value is -3.35. The highest BCUT2D eigenvalue weighted by Crippen LogP contribution is 2.27. The summed E-state index contributed by atoms with van der Waals surface area (Å²) in [7, 11) is 3.27. The van der Waals surface area contributed by atoms with Gasteiger partial charge in [-0.3, -0.25) is 4.98 Å². The Balaban J connectivity index is 1.58. The van der Waals surface area contributed by atoms with E-state index in [0.29, 0.717) is 19.0 Å². The van der Waals surface area contributed by atoms with Crippen molar-refractivity contribution < 1.29 is 9.47 Å². The summed E-state index contributed by atoms with van der Waals surface area (Å²) in [5, 5.41) is 6.61. The van der Waals surface area contributed by atoms with E-state index in [2.05, 4.69) is 25.6 Å². The van der Waals surface area contributed by atoms with Crippen LogP contribution in [0.15, 0.2) is 48.8 Å². The first-order valence-electron chi connectivity index (χ1n) is 9.11. The largest absolute Gasteiger partial charge is 0.493 e. The summed E-state index contributed by atoms with van der Waals surface area (Å²) in [5.74, 6) is 2.85. The van der Waals surface area contributed by atoms with Crippen molar-refractivity contribution in [1.29, 1.82) is 0 Å². The molecule has 28 heavy (non-hydrogen) atoms. The zero-order valence-corrected chi connectivity index (χ0v) is 16.4. The van der Waals surface area contributed by atoms with Crippen molar-refractivity contribution in [2.24, 2.45) is 0 Å². The third-order valence-electron chi connectivity index (χ3n) is 4.20. The van der Waals surface area contributed by atoms with Crippen molar-refractivity contribution in [1.82, 2.24) is 15.0 Å². The van der Waals surface area contributed by atoms with Crippen molar-refractivity contribution in [3.8, 4) is 11.5 Å². The van der Waals surface area contributed by atoms with Gasteiger partial charge in [-0.05, 0) is 42.7 Å². The minimum absolute atomic E-state index is 0.606. The van der Waals surface area contributed by atoms with E-state index in [0.717, 1.165) is 40.6 Å². The lowest BCUT2D eigenvalue weighted by molar-refractivity contribution is 0.354. The molecule has 2 aromatic heterocycles. The first kappa shape index (κ1) is 19.4. The fourth-order valence-electron chi connectivity index (χ4n) is 2.79. The van der Waals surface area contributed by atoms with Gasteiger partial charge in [0.05, 0.1) is 14.2 Å². The van der Waals surface area contributed by atoms with Crippen LogP contribution in [0.1, 0.15) is 16.8 Å². The van der Waals surface area contributed by atoms with Crippen LogP contribution in [-0.2, 0) is 13.0 Å². The Kier molecular flexibility index (Phi) is 6.62. The number of hydrogen-bond donors (Lipinski definition) is 2. The molecule has 0 amide bonds. The van der Waals surface area contributed by atoms with Gasteiger partial charge in [-0.1, -0.05) is 12.1 Å². The van der Waals surface area contributed by atoms with Gasteiger partial charge in [0.15, 0.2) is 11.5 Å². The molecule has 0 saturated heterocycles. The predicted molar refractivity (Wildman–Crippen MR) is 110 cm³/mol. The Morgan fingerprint density at radius 1 is 0.929 bits per heavy atom. The molecular weight excluding hydrogens is 354 g/mol. The van der Waals surface area contributed by atoms with E-state index >= 15 is 0 Å². The molecule has 0 aliphatic heterocycles. The van der Waals surface area contributed by atoms with E-state index in [1.165, 1.54) is 0 Å². The highest BCUT2D eigenvalue weighted by molar-refractivity contribution is 5.44. The van der Waals surface area contributed by atoms with E-state index in [4.69, 9.17) is 9.47 Å². The van der Waals surface area contributed by atoms with Gasteiger partial charge in [0.1, 0.15) is 5.82 Å². The van der Waals surface area contributed by atoms with Crippen molar-refractivity contribution in [2.75, 3.05) is 31.4 Å². The van der Waals surface area contributed by atoms with E-state index < -0.39 is 0 Å². The Bertz CT molecular complexity index is 903. The van der Waals surface area contributed by atoms with Crippen LogP contribution in [0.25, 0.3) is 0 Å². The normalized spacial score (nSPS) is 10.4. The van der Waals surface area contributed by atoms with Crippen LogP contribution >= 0.6 is 0 Å². The van der Waals surface area contributed by atoms with Gasteiger partial charge >= 0.3 is 0 Å². The number of aryl methyl sites for hydroxylation is 1. The van der Waals surface area contributed by atoms with Crippen molar-refractivity contribution >= 4 is 11.8 Å². The molecule has 0 bridgehead atoms. The maximum Gasteiger partial charge on any atom is 0.224 e. The second-order valence-corrected chi connectivity index (χ2v) is 6.30. The number of benzene rings is 1. The average Bonchev–Trinajstić information content (AvgIpc) is 2.72. The number of rotatable bonds is 9. The number of nitrogens with zero attached hydrogens (tertiary/aromatic N) is 3. The molecule has 0 radical (unpaired) electrons. The van der Waals surface area contributed by atoms with Gasteiger partial charge in [-0.25, -0.2) is 4.98 Å². The summed E-state index contributed by atoms with van der Waals surface area (Å²) in [6.07, 6.45) is 4.41. The summed E-state index contributed by atoms with van der Waals surface area (Å²) in [4.78, 5) is 13.1. The molecule has 7 nitrogen and oxygen atoms in total. The molecule has 0 saturated carbocycles. The molecule has 7 heteroatoms. The van der Waals surface area contributed by atoms with Crippen molar-refractivity contribution in [3.05, 3.63) is 65.6 Å². The molecule has 0 spiro atoms. The van der Waals surface area contributed by atoms with Crippen LogP contribution in [0.3, 0.4) is 0 Å². The SMILES string of the molecule is COc1ccc(CCNc2nc(C)cc(NCc3cccnc3)n2)cc1OC. The van der Waals surface area contributed by atoms with Gasteiger partial charge in [0, 0.05) is 37.2 Å². The standard InChI is InChI=1S/C21H25N5O2/c1-15-11-20(24-14-17-5-4-9-22-13-17)26-21(25-15)23-10-8-16-6-7-18(27-2)19(12-16)28-3/h4-7,9,11-13H,8,10,14H2,1-3H3,(H2,23,24,25,26). The Labute approximate surface area is 165 Å². The lowest BCUT2D eigenvalue weighted by atomic mass is 10.1. The topological polar surface area (TPSA) is 81.2 Å². The van der Waals surface area contributed by atoms with Gasteiger partial charge in [-0.15, -0.1) is 0 Å². The van der Waals surface area contributed by atoms with Crippen LogP contribution in [0.2, 0.25) is 0 Å². The average molecular weight is 379 g/mol. The highest BCUT2D eigenvalue weighted by atomic mass is 16.5. The summed E-state index contributed by atoms with van der Waals surface area (Å²) in [6.45, 7) is 3.33. The number of methoxy groups -OCH3 is 2. The van der Waals surface area contributed by atoms with Crippen LogP contribution < -0.4 is 20.1 Å². The molecule has 146 valence electrons. The number of anilines is 2. The van der Waals surface area contributed by atoms with Crippen LogP contribution in [0.4, 0.5) is 11.8 Å². The number of pyridine rings is 1. The summed E-state index contributed by atoms with van der Waals surface area (Å²) in [6, 6.07) is 11.8. The summed E-state index contributed by atoms with van der Waals surface area (Å²) in [5.41, 5.74) is 3.15. The molecule has 0 aliphatic rings. The van der Waals surface area contributed by atoms with Gasteiger partial charge in [0.25, 0.3) is 0 Å². The first-order valence-corrected chi connectivity index (χ1v) is 9.11. The van der Waals surface area contributed by atoms with E-state index in [1.54, 1.807) is 20.4 Å². The number of nitrogens with one attached hydrogen (secondary N) is 2. The Morgan fingerprint density at radius 3 is 2.54 bits per heavy atom. The summed E-state index contributed by atoms with van der Waals surface area (Å²) < 4.78 is 10.6. The molecule has 3 aromatic rings. The molecule has 0 aliphatic carbocycles. The Morgan fingerprint density at radius 2 is 1.79 bits per heavy atom. The number of hydrogen-bond acceptors (Lipinski definition) is 7. The zero-order valence-electron chi connectivity index (χ0n) is 16.4. The van der Waals surface area contributed by atoms with Crippen LogP contribution in [-0.4, -0.2) is 35.7 Å². The summed E-state index contributed by atoms with van der Waals surface area (Å²) >= 11 is 0. The second-order valence-electron chi connectivity index (χ2n) is 6.30. The van der Waals surface area contributed by atoms with Crippen LogP contribution in [0.5, 0.6) is 11.5 Å². The molecule has 3 rings (SSSR count). The first-order chi connectivity index (χ1) is 13.7.